The quantitative estimate of drug-likeness (QED) is 0.0540. The molecule has 9 nitrogen and oxygen atoms in total. The molecule has 44 heavy (non-hydrogen) atoms. The molecule has 1 amide bonds. The third kappa shape index (κ3) is 27.8. The lowest BCUT2D eigenvalue weighted by atomic mass is 10.1. The topological polar surface area (TPSA) is 144 Å². The van der Waals surface area contributed by atoms with Crippen LogP contribution in [0.4, 0.5) is 0 Å². The van der Waals surface area contributed by atoms with Gasteiger partial charge in [0.2, 0.25) is 5.91 Å². The van der Waals surface area contributed by atoms with Crippen molar-refractivity contribution >= 4 is 23.8 Å². The summed E-state index contributed by atoms with van der Waals surface area (Å²) in [4.78, 5) is 46.4. The van der Waals surface area contributed by atoms with Crippen molar-refractivity contribution in [1.29, 1.82) is 0 Å². The Morgan fingerprint density at radius 1 is 0.614 bits per heavy atom. The van der Waals surface area contributed by atoms with E-state index in [1.54, 1.807) is 0 Å². The average molecular weight is 619 g/mol. The van der Waals surface area contributed by atoms with E-state index < -0.39 is 37.0 Å². The maximum atomic E-state index is 12.0. The number of carboxylic acids is 3. The minimum absolute atomic E-state index is 0.0392. The summed E-state index contributed by atoms with van der Waals surface area (Å²) >= 11 is 0. The van der Waals surface area contributed by atoms with E-state index in [1.165, 1.54) is 64.2 Å². The number of hydrogen-bond acceptors (Lipinski definition) is 5. The normalized spacial score (nSPS) is 11.2. The van der Waals surface area contributed by atoms with Gasteiger partial charge in [0.15, 0.2) is 0 Å². The molecule has 0 heterocycles. The molecule has 9 heteroatoms. The van der Waals surface area contributed by atoms with Crippen LogP contribution in [-0.4, -0.2) is 69.7 Å². The van der Waals surface area contributed by atoms with E-state index in [9.17, 15) is 24.3 Å². The molecule has 4 N–H and O–H groups in total. The predicted molar refractivity (Wildman–Crippen MR) is 174 cm³/mol. The standard InChI is InChI=1S/C35H58N2O7/c1-2-3-4-5-6-7-8-9-10-11-12-13-14-15-16-17-18-19-20-21-22-23-27-32(38)36-28-25-24-26-31(35(43)44)37(29-33(39)40)30-34(41)42/h31H,2-12,17-30H2,1H3,(H,36,38)(H,39,40)(H,41,42)(H,43,44). The Labute approximate surface area is 265 Å². The fourth-order valence-corrected chi connectivity index (χ4v) is 4.99. The second-order valence-corrected chi connectivity index (χ2v) is 11.5. The molecule has 0 aromatic carbocycles. The van der Waals surface area contributed by atoms with Gasteiger partial charge in [-0.1, -0.05) is 102 Å². The van der Waals surface area contributed by atoms with Gasteiger partial charge >= 0.3 is 17.9 Å². The summed E-state index contributed by atoms with van der Waals surface area (Å²) in [7, 11) is 0. The zero-order valence-corrected chi connectivity index (χ0v) is 27.2. The number of amides is 1. The van der Waals surface area contributed by atoms with Crippen LogP contribution in [0.1, 0.15) is 148 Å². The first kappa shape index (κ1) is 41.0. The van der Waals surface area contributed by atoms with Crippen molar-refractivity contribution in [3.8, 4) is 23.7 Å². The molecule has 250 valence electrons. The van der Waals surface area contributed by atoms with Crippen LogP contribution in [-0.2, 0) is 19.2 Å². The highest BCUT2D eigenvalue weighted by Crippen LogP contribution is 2.12. The lowest BCUT2D eigenvalue weighted by Gasteiger charge is -2.25. The van der Waals surface area contributed by atoms with Gasteiger partial charge in [-0.25, -0.2) is 0 Å². The Morgan fingerprint density at radius 3 is 1.52 bits per heavy atom. The molecule has 0 saturated heterocycles. The average Bonchev–Trinajstić information content (AvgIpc) is 2.96. The molecule has 0 fully saturated rings. The molecular weight excluding hydrogens is 560 g/mol. The number of unbranched alkanes of at least 4 members (excludes halogenated alkanes) is 17. The van der Waals surface area contributed by atoms with Crippen LogP contribution in [0.5, 0.6) is 0 Å². The van der Waals surface area contributed by atoms with Crippen molar-refractivity contribution in [2.45, 2.75) is 154 Å². The maximum absolute atomic E-state index is 12.0. The van der Waals surface area contributed by atoms with E-state index in [1.807, 2.05) is 0 Å². The fraction of sp³-hybridized carbons (Fsp3) is 0.771. The van der Waals surface area contributed by atoms with E-state index in [2.05, 4.69) is 35.9 Å². The molecule has 0 rings (SSSR count). The van der Waals surface area contributed by atoms with Gasteiger partial charge in [-0.05, 0) is 50.4 Å². The van der Waals surface area contributed by atoms with Gasteiger partial charge in [-0.3, -0.25) is 24.1 Å². The van der Waals surface area contributed by atoms with Crippen molar-refractivity contribution in [2.75, 3.05) is 19.6 Å². The molecule has 0 aliphatic heterocycles. The molecule has 1 unspecified atom stereocenters. The number of carbonyl (C=O) groups excluding carboxylic acids is 1. The monoisotopic (exact) mass is 618 g/mol. The van der Waals surface area contributed by atoms with Crippen molar-refractivity contribution in [1.82, 2.24) is 10.2 Å². The van der Waals surface area contributed by atoms with Gasteiger partial charge in [0, 0.05) is 25.8 Å². The molecule has 0 aliphatic rings. The van der Waals surface area contributed by atoms with Gasteiger partial charge in [-0.2, -0.15) is 0 Å². The number of nitrogens with one attached hydrogen (secondary N) is 1. The van der Waals surface area contributed by atoms with Crippen LogP contribution in [0.3, 0.4) is 0 Å². The summed E-state index contributed by atoms with van der Waals surface area (Å²) in [6, 6.07) is -1.21. The number of rotatable bonds is 29. The number of carboxylic acid groups (broad SMARTS) is 3. The third-order valence-electron chi connectivity index (χ3n) is 7.48. The molecule has 0 saturated carbocycles. The summed E-state index contributed by atoms with van der Waals surface area (Å²) in [5, 5.41) is 30.1. The number of hydrogen-bond donors (Lipinski definition) is 4. The van der Waals surface area contributed by atoms with Crippen molar-refractivity contribution < 1.29 is 34.5 Å². The Morgan fingerprint density at radius 2 is 1.07 bits per heavy atom. The Balaban J connectivity index is 3.70. The number of aliphatic carboxylic acids is 3. The summed E-state index contributed by atoms with van der Waals surface area (Å²) in [6.07, 6.45) is 22.9. The zero-order valence-electron chi connectivity index (χ0n) is 27.2. The van der Waals surface area contributed by atoms with Gasteiger partial charge in [0.25, 0.3) is 0 Å². The fourth-order valence-electron chi connectivity index (χ4n) is 4.99. The van der Waals surface area contributed by atoms with E-state index >= 15 is 0 Å². The van der Waals surface area contributed by atoms with Crippen molar-refractivity contribution in [3.63, 3.8) is 0 Å². The number of carbonyl (C=O) groups is 4. The minimum Gasteiger partial charge on any atom is -0.480 e. The molecule has 1 atom stereocenters. The maximum Gasteiger partial charge on any atom is 0.320 e. The molecule has 0 spiro atoms. The van der Waals surface area contributed by atoms with Gasteiger partial charge < -0.3 is 20.6 Å². The summed E-state index contributed by atoms with van der Waals surface area (Å²) in [5.41, 5.74) is 0. The van der Waals surface area contributed by atoms with Crippen LogP contribution in [0.25, 0.3) is 0 Å². The SMILES string of the molecule is CCCCCCCCCCCCC#CC#CCCCCCCCCC(=O)NCCCCC(C(=O)O)N(CC(=O)O)CC(=O)O. The number of nitrogens with zero attached hydrogens (tertiary/aromatic N) is 1. The molecule has 0 aliphatic carbocycles. The molecule has 0 aromatic heterocycles. The van der Waals surface area contributed by atoms with Crippen LogP contribution < -0.4 is 5.32 Å². The van der Waals surface area contributed by atoms with Gasteiger partial charge in [0.05, 0.1) is 13.1 Å². The second-order valence-electron chi connectivity index (χ2n) is 11.5. The first-order valence-corrected chi connectivity index (χ1v) is 16.9. The van der Waals surface area contributed by atoms with Crippen molar-refractivity contribution in [2.24, 2.45) is 0 Å². The Hall–Kier alpha value is -3.04. The van der Waals surface area contributed by atoms with Gasteiger partial charge in [0.1, 0.15) is 6.04 Å². The van der Waals surface area contributed by atoms with E-state index in [0.29, 0.717) is 25.8 Å². The van der Waals surface area contributed by atoms with E-state index in [-0.39, 0.29) is 12.3 Å². The molecule has 0 radical (unpaired) electrons. The van der Waals surface area contributed by atoms with E-state index in [4.69, 9.17) is 10.2 Å². The lowest BCUT2D eigenvalue weighted by Crippen LogP contribution is -2.46. The summed E-state index contributed by atoms with van der Waals surface area (Å²) in [6.45, 7) is 1.33. The highest BCUT2D eigenvalue weighted by atomic mass is 16.4. The highest BCUT2D eigenvalue weighted by molar-refractivity contribution is 5.78. The second kappa shape index (κ2) is 30.0. The van der Waals surface area contributed by atoms with Crippen LogP contribution in [0.2, 0.25) is 0 Å². The smallest absolute Gasteiger partial charge is 0.320 e. The summed E-state index contributed by atoms with van der Waals surface area (Å²) < 4.78 is 0. The van der Waals surface area contributed by atoms with Gasteiger partial charge in [-0.15, -0.1) is 0 Å². The largest absolute Gasteiger partial charge is 0.480 e. The Kier molecular flexibility index (Phi) is 27.9. The lowest BCUT2D eigenvalue weighted by molar-refractivity contribution is -0.149. The predicted octanol–water partition coefficient (Wildman–Crippen LogP) is 6.64. The van der Waals surface area contributed by atoms with Crippen molar-refractivity contribution in [3.05, 3.63) is 0 Å². The first-order chi connectivity index (χ1) is 21.3. The van der Waals surface area contributed by atoms with Crippen LogP contribution in [0.15, 0.2) is 0 Å². The van der Waals surface area contributed by atoms with E-state index in [0.717, 1.165) is 56.3 Å². The molecular formula is C35H58N2O7. The molecule has 0 bridgehead atoms. The first-order valence-electron chi connectivity index (χ1n) is 16.9. The zero-order chi connectivity index (χ0) is 32.7. The van der Waals surface area contributed by atoms with Crippen LogP contribution in [0, 0.1) is 23.7 Å². The third-order valence-corrected chi connectivity index (χ3v) is 7.48. The Bertz CT molecular complexity index is 898. The minimum atomic E-state index is -1.29. The highest BCUT2D eigenvalue weighted by Gasteiger charge is 2.28. The van der Waals surface area contributed by atoms with Crippen LogP contribution >= 0.6 is 0 Å². The summed E-state index contributed by atoms with van der Waals surface area (Å²) in [5.74, 6) is 8.40. The molecule has 0 aromatic rings.